The maximum absolute atomic E-state index is 13.1. The molecule has 0 spiro atoms. The van der Waals surface area contributed by atoms with E-state index >= 15 is 0 Å². The first-order chi connectivity index (χ1) is 52.7. The van der Waals surface area contributed by atoms with Crippen LogP contribution in [0.4, 0.5) is 0 Å². The summed E-state index contributed by atoms with van der Waals surface area (Å²) >= 11 is 0. The standard InChI is InChI=1S/C89H160O17P2/c1-5-9-13-17-21-25-29-33-37-39-41-43-47-49-53-57-61-65-69-73-86(91)99-79-84(105-88(93)75-71-67-63-59-55-51-45-35-31-27-23-19-15-11-7-3)81-103-107(95,96)101-77-83(90)78-102-108(97,98)104-82-85(106-89(94)76-72-68-64-60-56-52-46-36-32-28-24-20-16-12-8-4)80-100-87(92)74-70-66-62-58-54-50-48-44-42-40-38-34-30-26-22-18-14-10-6-2/h9,13,21-22,25-26,33-34,37-38,41-44,83-85,90H,5-8,10-12,14-20,23-24,27-32,35-36,39-40,45-82H2,1-4H3,(H,95,96)(H,97,98)/b13-9-,25-21-,26-22-,37-33-,38-34-,43-41-,44-42-. The molecule has 5 atom stereocenters. The van der Waals surface area contributed by atoms with Crippen LogP contribution in [0.25, 0.3) is 0 Å². The second-order valence-corrected chi connectivity index (χ2v) is 32.4. The van der Waals surface area contributed by atoms with Gasteiger partial charge in [-0.15, -0.1) is 0 Å². The van der Waals surface area contributed by atoms with Crippen LogP contribution in [0.1, 0.15) is 400 Å². The lowest BCUT2D eigenvalue weighted by molar-refractivity contribution is -0.161. The topological polar surface area (TPSA) is 237 Å². The highest BCUT2D eigenvalue weighted by molar-refractivity contribution is 7.47. The highest BCUT2D eigenvalue weighted by Gasteiger charge is 2.30. The predicted octanol–water partition coefficient (Wildman–Crippen LogP) is 26.1. The van der Waals surface area contributed by atoms with E-state index in [9.17, 15) is 43.2 Å². The average molecular weight is 1560 g/mol. The molecule has 0 bridgehead atoms. The zero-order valence-corrected chi connectivity index (χ0v) is 70.8. The van der Waals surface area contributed by atoms with Gasteiger partial charge in [-0.25, -0.2) is 9.13 Å². The SMILES string of the molecule is CC/C=C\C/C=C\C/C=C\C/C=C\CCCCCCCCC(=O)OCC(COP(=O)(O)OCC(O)COP(=O)(O)OCC(COC(=O)CCCCCCCC/C=C\C/C=C\C/C=C\CCCCC)OC(=O)CCCCCCCCCCCCCCCCC)OC(=O)CCCCCCCCCCCCCCCCC. The van der Waals surface area contributed by atoms with Crippen LogP contribution in [0, 0.1) is 0 Å². The molecule has 0 fully saturated rings. The average Bonchev–Trinajstić information content (AvgIpc) is 0.923. The van der Waals surface area contributed by atoms with E-state index in [4.69, 9.17) is 37.0 Å². The molecule has 628 valence electrons. The van der Waals surface area contributed by atoms with Gasteiger partial charge in [-0.3, -0.25) is 37.3 Å². The van der Waals surface area contributed by atoms with Crippen LogP contribution in [-0.4, -0.2) is 96.7 Å². The molecule has 0 rings (SSSR count). The summed E-state index contributed by atoms with van der Waals surface area (Å²) in [5, 5.41) is 10.7. The van der Waals surface area contributed by atoms with Crippen molar-refractivity contribution < 1.29 is 80.2 Å². The minimum Gasteiger partial charge on any atom is -0.462 e. The fraction of sp³-hybridized carbons (Fsp3) is 0.798. The fourth-order valence-corrected chi connectivity index (χ4v) is 13.8. The third-order valence-electron chi connectivity index (χ3n) is 18.9. The Labute approximate surface area is 659 Å². The zero-order chi connectivity index (χ0) is 78.9. The monoisotopic (exact) mass is 1560 g/mol. The molecule has 0 aromatic carbocycles. The Kier molecular flexibility index (Phi) is 78.4. The van der Waals surface area contributed by atoms with E-state index in [-0.39, 0.29) is 25.7 Å². The number of carbonyl (C=O) groups excluding carboxylic acids is 4. The molecule has 5 unspecified atom stereocenters. The number of aliphatic hydroxyl groups excluding tert-OH is 1. The van der Waals surface area contributed by atoms with Crippen LogP contribution < -0.4 is 0 Å². The summed E-state index contributed by atoms with van der Waals surface area (Å²) in [4.78, 5) is 73.3. The zero-order valence-electron chi connectivity index (χ0n) is 69.0. The van der Waals surface area contributed by atoms with Crippen LogP contribution in [0.3, 0.4) is 0 Å². The van der Waals surface area contributed by atoms with Gasteiger partial charge in [-0.05, 0) is 103 Å². The number of hydrogen-bond acceptors (Lipinski definition) is 15. The molecule has 0 aliphatic heterocycles. The number of hydrogen-bond donors (Lipinski definition) is 3. The number of aliphatic hydroxyl groups is 1. The summed E-state index contributed by atoms with van der Waals surface area (Å²) in [5.74, 6) is -2.16. The number of esters is 4. The van der Waals surface area contributed by atoms with Gasteiger partial charge in [0.15, 0.2) is 12.2 Å². The molecule has 0 radical (unpaired) electrons. The normalized spacial score (nSPS) is 14.2. The Morgan fingerprint density at radius 2 is 0.481 bits per heavy atom. The van der Waals surface area contributed by atoms with Gasteiger partial charge in [0, 0.05) is 25.7 Å². The molecule has 0 heterocycles. The number of rotatable bonds is 83. The molecule has 108 heavy (non-hydrogen) atoms. The van der Waals surface area contributed by atoms with Crippen molar-refractivity contribution in [3.8, 4) is 0 Å². The summed E-state index contributed by atoms with van der Waals surface area (Å²) in [6.45, 7) is 4.81. The highest BCUT2D eigenvalue weighted by atomic mass is 31.2. The van der Waals surface area contributed by atoms with Gasteiger partial charge in [-0.1, -0.05) is 357 Å². The smallest absolute Gasteiger partial charge is 0.462 e. The molecule has 0 aliphatic rings. The van der Waals surface area contributed by atoms with Gasteiger partial charge < -0.3 is 33.8 Å². The summed E-state index contributed by atoms with van der Waals surface area (Å²) in [6, 6.07) is 0. The van der Waals surface area contributed by atoms with E-state index in [1.165, 1.54) is 148 Å². The Balaban J connectivity index is 5.34. The van der Waals surface area contributed by atoms with Gasteiger partial charge >= 0.3 is 39.5 Å². The first-order valence-electron chi connectivity index (χ1n) is 43.8. The lowest BCUT2D eigenvalue weighted by Crippen LogP contribution is -2.30. The van der Waals surface area contributed by atoms with E-state index in [1.807, 2.05) is 0 Å². The number of ether oxygens (including phenoxy) is 4. The van der Waals surface area contributed by atoms with Gasteiger partial charge in [0.25, 0.3) is 0 Å². The second kappa shape index (κ2) is 81.3. The van der Waals surface area contributed by atoms with Crippen molar-refractivity contribution in [1.29, 1.82) is 0 Å². The quantitative estimate of drug-likeness (QED) is 0.0169. The van der Waals surface area contributed by atoms with Crippen molar-refractivity contribution in [2.45, 2.75) is 418 Å². The van der Waals surface area contributed by atoms with Gasteiger partial charge in [-0.2, -0.15) is 0 Å². The maximum Gasteiger partial charge on any atom is 0.472 e. The van der Waals surface area contributed by atoms with E-state index < -0.39 is 97.5 Å². The molecule has 17 nitrogen and oxygen atoms in total. The Morgan fingerprint density at radius 3 is 0.759 bits per heavy atom. The van der Waals surface area contributed by atoms with Crippen LogP contribution in [0.2, 0.25) is 0 Å². The molecule has 0 saturated carbocycles. The van der Waals surface area contributed by atoms with E-state index in [0.29, 0.717) is 25.7 Å². The van der Waals surface area contributed by atoms with Crippen LogP contribution in [0.5, 0.6) is 0 Å². The van der Waals surface area contributed by atoms with Gasteiger partial charge in [0.2, 0.25) is 0 Å². The lowest BCUT2D eigenvalue weighted by atomic mass is 10.0. The minimum atomic E-state index is -4.98. The van der Waals surface area contributed by atoms with Crippen molar-refractivity contribution in [1.82, 2.24) is 0 Å². The van der Waals surface area contributed by atoms with Crippen molar-refractivity contribution in [2.24, 2.45) is 0 Å². The second-order valence-electron chi connectivity index (χ2n) is 29.5. The Bertz CT molecular complexity index is 2370. The lowest BCUT2D eigenvalue weighted by Gasteiger charge is -2.21. The number of allylic oxidation sites excluding steroid dienone is 14. The minimum absolute atomic E-state index is 0.0967. The molecule has 0 aromatic heterocycles. The molecule has 19 heteroatoms. The Hall–Kier alpha value is -3.76. The van der Waals surface area contributed by atoms with Crippen molar-refractivity contribution in [3.05, 3.63) is 85.1 Å². The molecule has 0 amide bonds. The maximum atomic E-state index is 13.1. The first kappa shape index (κ1) is 104. The van der Waals surface area contributed by atoms with Crippen molar-refractivity contribution >= 4 is 39.5 Å². The summed E-state index contributed by atoms with van der Waals surface area (Å²) in [5.41, 5.74) is 0. The van der Waals surface area contributed by atoms with Gasteiger partial charge in [0.05, 0.1) is 26.4 Å². The fourth-order valence-electron chi connectivity index (χ4n) is 12.2. The third-order valence-corrected chi connectivity index (χ3v) is 20.8. The number of carbonyl (C=O) groups is 4. The molecular weight excluding hydrogens is 1400 g/mol. The van der Waals surface area contributed by atoms with E-state index in [2.05, 4.69) is 113 Å². The van der Waals surface area contributed by atoms with Crippen LogP contribution in [0.15, 0.2) is 85.1 Å². The van der Waals surface area contributed by atoms with Crippen LogP contribution >= 0.6 is 15.6 Å². The molecule has 0 aromatic rings. The first-order valence-corrected chi connectivity index (χ1v) is 46.8. The summed E-state index contributed by atoms with van der Waals surface area (Å²) in [6.07, 6.45) is 86.7. The van der Waals surface area contributed by atoms with Crippen molar-refractivity contribution in [3.63, 3.8) is 0 Å². The number of phosphoric ester groups is 2. The summed E-state index contributed by atoms with van der Waals surface area (Å²) < 4.78 is 68.9. The number of phosphoric acid groups is 2. The molecule has 0 aliphatic carbocycles. The van der Waals surface area contributed by atoms with E-state index in [1.54, 1.807) is 0 Å². The van der Waals surface area contributed by atoms with Crippen LogP contribution in [-0.2, 0) is 65.4 Å². The summed E-state index contributed by atoms with van der Waals surface area (Å²) in [7, 11) is -9.96. The molecule has 3 N–H and O–H groups in total. The highest BCUT2D eigenvalue weighted by Crippen LogP contribution is 2.45. The molecule has 0 saturated heterocycles. The predicted molar refractivity (Wildman–Crippen MR) is 446 cm³/mol. The largest absolute Gasteiger partial charge is 0.472 e. The molecular formula is C89H160O17P2. The third kappa shape index (κ3) is 80.3. The van der Waals surface area contributed by atoms with Gasteiger partial charge in [0.1, 0.15) is 19.3 Å². The van der Waals surface area contributed by atoms with E-state index in [0.717, 1.165) is 173 Å². The Morgan fingerprint density at radius 1 is 0.269 bits per heavy atom. The van der Waals surface area contributed by atoms with Crippen molar-refractivity contribution in [2.75, 3.05) is 39.6 Å². The number of unbranched alkanes of at least 4 members (excludes halogenated alkanes) is 43.